The van der Waals surface area contributed by atoms with Crippen LogP contribution in [0.5, 0.6) is 0 Å². The van der Waals surface area contributed by atoms with Gasteiger partial charge in [0, 0.05) is 17.4 Å². The van der Waals surface area contributed by atoms with Gasteiger partial charge in [-0.05, 0) is 12.1 Å². The lowest BCUT2D eigenvalue weighted by Gasteiger charge is -1.99. The number of hydrogen-bond donors (Lipinski definition) is 2. The lowest BCUT2D eigenvalue weighted by molar-refractivity contribution is 0.0942. The molecule has 0 saturated carbocycles. The number of carbonyl (C=O) groups excluding carboxylic acids is 1. The first-order valence-electron chi connectivity index (χ1n) is 5.66. The Hall–Kier alpha value is -2.10. The highest BCUT2D eigenvalue weighted by atomic mass is 32.1. The van der Waals surface area contributed by atoms with Crippen molar-refractivity contribution >= 4 is 17.2 Å². The quantitative estimate of drug-likeness (QED) is 0.828. The van der Waals surface area contributed by atoms with Crippen LogP contribution in [0.4, 0.5) is 0 Å². The highest BCUT2D eigenvalue weighted by Gasteiger charge is 2.08. The second kappa shape index (κ2) is 6.73. The summed E-state index contributed by atoms with van der Waals surface area (Å²) in [5.74, 6) is 5.53. The van der Waals surface area contributed by atoms with Gasteiger partial charge in [0.1, 0.15) is 6.26 Å². The zero-order valence-corrected chi connectivity index (χ0v) is 10.9. The maximum absolute atomic E-state index is 11.6. The smallest absolute Gasteiger partial charge is 0.273 e. The van der Waals surface area contributed by atoms with E-state index in [1.807, 2.05) is 12.1 Å². The van der Waals surface area contributed by atoms with Crippen LogP contribution in [0.3, 0.4) is 0 Å². The molecule has 0 saturated heterocycles. The first-order valence-corrected chi connectivity index (χ1v) is 6.48. The van der Waals surface area contributed by atoms with Crippen LogP contribution in [0.25, 0.3) is 0 Å². The normalized spacial score (nSPS) is 9.74. The standard InChI is InChI=1S/C13H12N2O3S/c16-7-2-1-3-10-4-5-11(19-10)9-14-13(17)12-6-8-18-15-12/h4-6,8,16H,2,7,9H2,(H,14,17). The van der Waals surface area contributed by atoms with Crippen LogP contribution in [0, 0.1) is 11.8 Å². The van der Waals surface area contributed by atoms with E-state index in [2.05, 4.69) is 26.8 Å². The van der Waals surface area contributed by atoms with Crippen molar-refractivity contribution in [3.8, 4) is 11.8 Å². The zero-order chi connectivity index (χ0) is 13.5. The Bertz CT molecular complexity index is 593. The van der Waals surface area contributed by atoms with Crippen molar-refractivity contribution in [3.63, 3.8) is 0 Å². The number of carbonyl (C=O) groups is 1. The Balaban J connectivity index is 1.87. The summed E-state index contributed by atoms with van der Waals surface area (Å²) in [6, 6.07) is 5.32. The van der Waals surface area contributed by atoms with Crippen molar-refractivity contribution in [1.82, 2.24) is 10.5 Å². The van der Waals surface area contributed by atoms with Crippen molar-refractivity contribution in [3.05, 3.63) is 39.9 Å². The van der Waals surface area contributed by atoms with Crippen molar-refractivity contribution in [2.45, 2.75) is 13.0 Å². The Morgan fingerprint density at radius 3 is 3.11 bits per heavy atom. The Kier molecular flexibility index (Phi) is 4.72. The fourth-order valence-corrected chi connectivity index (χ4v) is 2.16. The van der Waals surface area contributed by atoms with Gasteiger partial charge in [-0.3, -0.25) is 4.79 Å². The fraction of sp³-hybridized carbons (Fsp3) is 0.231. The summed E-state index contributed by atoms with van der Waals surface area (Å²) >= 11 is 1.51. The largest absolute Gasteiger partial charge is 0.395 e. The van der Waals surface area contributed by atoms with Crippen LogP contribution >= 0.6 is 11.3 Å². The van der Waals surface area contributed by atoms with E-state index >= 15 is 0 Å². The summed E-state index contributed by atoms with van der Waals surface area (Å²) in [5.41, 5.74) is 0.263. The third kappa shape index (κ3) is 3.95. The predicted octanol–water partition coefficient (Wildman–Crippen LogP) is 1.40. The highest BCUT2D eigenvalue weighted by molar-refractivity contribution is 7.12. The van der Waals surface area contributed by atoms with Gasteiger partial charge < -0.3 is 14.9 Å². The lowest BCUT2D eigenvalue weighted by Crippen LogP contribution is -2.22. The van der Waals surface area contributed by atoms with E-state index in [0.717, 1.165) is 9.75 Å². The molecule has 19 heavy (non-hydrogen) atoms. The molecule has 0 atom stereocenters. The van der Waals surface area contributed by atoms with Crippen LogP contribution in [-0.2, 0) is 6.54 Å². The molecule has 5 nitrogen and oxygen atoms in total. The van der Waals surface area contributed by atoms with E-state index < -0.39 is 0 Å². The zero-order valence-electron chi connectivity index (χ0n) is 10.0. The molecule has 2 N–H and O–H groups in total. The number of aromatic nitrogens is 1. The van der Waals surface area contributed by atoms with Crippen LogP contribution in [0.1, 0.15) is 26.7 Å². The molecule has 0 aliphatic carbocycles. The summed E-state index contributed by atoms with van der Waals surface area (Å²) in [6.07, 6.45) is 1.82. The Morgan fingerprint density at radius 2 is 2.37 bits per heavy atom. The number of nitrogens with zero attached hydrogens (tertiary/aromatic N) is 1. The second-order valence-electron chi connectivity index (χ2n) is 3.61. The SMILES string of the molecule is O=C(NCc1ccc(C#CCCO)s1)c1ccon1. The van der Waals surface area contributed by atoms with Gasteiger partial charge in [-0.25, -0.2) is 0 Å². The lowest BCUT2D eigenvalue weighted by atomic mass is 10.3. The summed E-state index contributed by atoms with van der Waals surface area (Å²) in [4.78, 5) is 13.5. The molecule has 0 fully saturated rings. The van der Waals surface area contributed by atoms with Gasteiger partial charge in [0.2, 0.25) is 0 Å². The van der Waals surface area contributed by atoms with Gasteiger partial charge in [-0.2, -0.15) is 0 Å². The average Bonchev–Trinajstić information content (AvgIpc) is 3.08. The maximum atomic E-state index is 11.6. The summed E-state index contributed by atoms with van der Waals surface area (Å²) in [5, 5.41) is 14.9. The molecule has 0 aliphatic rings. The molecule has 0 aliphatic heterocycles. The molecule has 2 aromatic rings. The number of aliphatic hydroxyl groups excluding tert-OH is 1. The number of aliphatic hydroxyl groups is 1. The molecule has 0 spiro atoms. The molecule has 98 valence electrons. The van der Waals surface area contributed by atoms with E-state index in [-0.39, 0.29) is 18.2 Å². The number of amides is 1. The minimum Gasteiger partial charge on any atom is -0.395 e. The third-order valence-corrected chi connectivity index (χ3v) is 3.20. The van der Waals surface area contributed by atoms with Crippen molar-refractivity contribution in [2.24, 2.45) is 0 Å². The van der Waals surface area contributed by atoms with Crippen LogP contribution in [0.2, 0.25) is 0 Å². The summed E-state index contributed by atoms with van der Waals surface area (Å²) < 4.78 is 4.60. The van der Waals surface area contributed by atoms with Crippen LogP contribution in [-0.4, -0.2) is 22.8 Å². The second-order valence-corrected chi connectivity index (χ2v) is 4.78. The Morgan fingerprint density at radius 1 is 1.47 bits per heavy atom. The fourth-order valence-electron chi connectivity index (χ4n) is 1.33. The van der Waals surface area contributed by atoms with Crippen molar-refractivity contribution in [2.75, 3.05) is 6.61 Å². The van der Waals surface area contributed by atoms with Crippen LogP contribution in [0.15, 0.2) is 29.0 Å². The van der Waals surface area contributed by atoms with Gasteiger partial charge in [0.25, 0.3) is 5.91 Å². The van der Waals surface area contributed by atoms with Crippen LogP contribution < -0.4 is 5.32 Å². The van der Waals surface area contributed by atoms with Gasteiger partial charge in [0.05, 0.1) is 18.0 Å². The molecule has 2 heterocycles. The molecule has 2 rings (SSSR count). The topological polar surface area (TPSA) is 75.4 Å². The maximum Gasteiger partial charge on any atom is 0.273 e. The van der Waals surface area contributed by atoms with E-state index in [1.165, 1.54) is 23.7 Å². The number of thiophene rings is 1. The monoisotopic (exact) mass is 276 g/mol. The van der Waals surface area contributed by atoms with E-state index in [1.54, 1.807) is 0 Å². The average molecular weight is 276 g/mol. The molecule has 0 aromatic carbocycles. The molecule has 6 heteroatoms. The number of nitrogens with one attached hydrogen (secondary N) is 1. The van der Waals surface area contributed by atoms with Crippen molar-refractivity contribution < 1.29 is 14.4 Å². The van der Waals surface area contributed by atoms with Crippen molar-refractivity contribution in [1.29, 1.82) is 0 Å². The minimum absolute atomic E-state index is 0.0684. The number of hydrogen-bond acceptors (Lipinski definition) is 5. The molecule has 1 amide bonds. The van der Waals surface area contributed by atoms with E-state index in [4.69, 9.17) is 5.11 Å². The minimum atomic E-state index is -0.268. The molecule has 0 radical (unpaired) electrons. The van der Waals surface area contributed by atoms with Gasteiger partial charge in [-0.15, -0.1) is 11.3 Å². The van der Waals surface area contributed by atoms with Gasteiger partial charge >= 0.3 is 0 Å². The Labute approximate surface area is 114 Å². The first kappa shape index (κ1) is 13.3. The van der Waals surface area contributed by atoms with Gasteiger partial charge in [-0.1, -0.05) is 17.0 Å². The molecule has 2 aromatic heterocycles. The molecular weight excluding hydrogens is 264 g/mol. The number of rotatable bonds is 4. The highest BCUT2D eigenvalue weighted by Crippen LogP contribution is 2.15. The van der Waals surface area contributed by atoms with Gasteiger partial charge in [0.15, 0.2) is 5.69 Å². The third-order valence-electron chi connectivity index (χ3n) is 2.20. The molecule has 0 unspecified atom stereocenters. The first-order chi connectivity index (χ1) is 9.29. The summed E-state index contributed by atoms with van der Waals surface area (Å²) in [7, 11) is 0. The van der Waals surface area contributed by atoms with E-state index in [0.29, 0.717) is 13.0 Å². The van der Waals surface area contributed by atoms with E-state index in [9.17, 15) is 4.79 Å². The molecular formula is C13H12N2O3S. The molecule has 0 bridgehead atoms. The predicted molar refractivity (Wildman–Crippen MR) is 70.6 cm³/mol. The summed E-state index contributed by atoms with van der Waals surface area (Å²) in [6.45, 7) is 0.497.